The van der Waals surface area contributed by atoms with Gasteiger partial charge in [-0.3, -0.25) is 0 Å². The van der Waals surface area contributed by atoms with Crippen LogP contribution in [0.25, 0.3) is 11.1 Å². The molecule has 2 aliphatic heterocycles. The first-order valence-corrected chi connectivity index (χ1v) is 17.8. The molecule has 0 spiro atoms. The van der Waals surface area contributed by atoms with Gasteiger partial charge in [0.05, 0.1) is 0 Å². The lowest BCUT2D eigenvalue weighted by atomic mass is 9.34. The summed E-state index contributed by atoms with van der Waals surface area (Å²) in [6.45, 7) is 0.0198. The van der Waals surface area contributed by atoms with Gasteiger partial charge in [-0.05, 0) is 61.5 Å². The molecule has 0 saturated carbocycles. The molecule has 46 heavy (non-hydrogen) atoms. The summed E-state index contributed by atoms with van der Waals surface area (Å²) in [7, 11) is -2.81. The first kappa shape index (κ1) is 26.8. The zero-order chi connectivity index (χ0) is 30.5. The van der Waals surface area contributed by atoms with E-state index in [-0.39, 0.29) is 6.71 Å². The van der Waals surface area contributed by atoms with Crippen molar-refractivity contribution in [2.24, 2.45) is 0 Å². The van der Waals surface area contributed by atoms with Gasteiger partial charge in [-0.25, -0.2) is 0 Å². The summed E-state index contributed by atoms with van der Waals surface area (Å²) in [5.41, 5.74) is 5.69. The Labute approximate surface area is 270 Å². The van der Waals surface area contributed by atoms with E-state index in [0.717, 1.165) is 34.0 Å². The number of rotatable bonds is 5. The fraction of sp³-hybridized carbons (Fsp3) is 0. The average molecular weight is 605 g/mol. The van der Waals surface area contributed by atoms with Crippen LogP contribution in [0.4, 0.5) is 0 Å². The van der Waals surface area contributed by atoms with Crippen molar-refractivity contribution in [1.29, 1.82) is 0 Å². The van der Waals surface area contributed by atoms with E-state index in [1.54, 1.807) is 0 Å². The molecule has 2 aliphatic rings. The third kappa shape index (κ3) is 3.97. The molecule has 0 amide bonds. The summed E-state index contributed by atoms with van der Waals surface area (Å²) in [6.07, 6.45) is 0. The SMILES string of the molecule is c1ccc([Si](c2ccccc2)(c2ccccc2)c2ccccc2-c2ccc3c4c2Oc2ccccc2B4c2ccccc2O3)cc1. The third-order valence-electron chi connectivity index (χ3n) is 9.58. The van der Waals surface area contributed by atoms with Crippen LogP contribution in [0.1, 0.15) is 0 Å². The van der Waals surface area contributed by atoms with E-state index in [1.165, 1.54) is 37.2 Å². The lowest BCUT2D eigenvalue weighted by molar-refractivity contribution is 0.465. The number of benzene rings is 7. The topological polar surface area (TPSA) is 18.5 Å². The average Bonchev–Trinajstić information content (AvgIpc) is 3.13. The quantitative estimate of drug-likeness (QED) is 0.192. The molecule has 0 fully saturated rings. The summed E-state index contributed by atoms with van der Waals surface area (Å²) in [5.74, 6) is 3.53. The number of hydrogen-bond donors (Lipinski definition) is 0. The van der Waals surface area contributed by atoms with Crippen molar-refractivity contribution in [1.82, 2.24) is 0 Å². The summed E-state index contributed by atoms with van der Waals surface area (Å²) in [6, 6.07) is 63.4. The molecule has 0 atom stereocenters. The number of hydrogen-bond acceptors (Lipinski definition) is 2. The van der Waals surface area contributed by atoms with Gasteiger partial charge in [-0.2, -0.15) is 0 Å². The van der Waals surface area contributed by atoms with E-state index in [1.807, 2.05) is 6.07 Å². The van der Waals surface area contributed by atoms with Gasteiger partial charge < -0.3 is 9.47 Å². The summed E-state index contributed by atoms with van der Waals surface area (Å²) >= 11 is 0. The molecule has 7 aromatic carbocycles. The molecule has 0 unspecified atom stereocenters. The van der Waals surface area contributed by atoms with Gasteiger partial charge in [-0.15, -0.1) is 0 Å². The molecule has 0 aliphatic carbocycles. The second-order valence-corrected chi connectivity index (χ2v) is 15.7. The van der Waals surface area contributed by atoms with Crippen LogP contribution in [0.2, 0.25) is 0 Å². The van der Waals surface area contributed by atoms with Gasteiger partial charge in [-0.1, -0.05) is 152 Å². The van der Waals surface area contributed by atoms with Crippen LogP contribution < -0.4 is 46.6 Å². The Morgan fingerprint density at radius 3 is 1.43 bits per heavy atom. The highest BCUT2D eigenvalue weighted by atomic mass is 28.3. The molecule has 9 rings (SSSR count). The van der Waals surface area contributed by atoms with Crippen LogP contribution >= 0.6 is 0 Å². The molecular formula is C42H29BO2Si. The standard InChI is InChI=1S/C42H29BO2Si/c1-4-16-30(17-5-1)46(31-18-6-2-7-19-31,32-20-8-3-9-21-32)40-27-15-10-22-33(40)34-28-29-39-41-42(34)45-38-26-14-12-24-36(38)43(41)35-23-11-13-25-37(35)44-39/h1-29H. The van der Waals surface area contributed by atoms with E-state index < -0.39 is 8.07 Å². The largest absolute Gasteiger partial charge is 0.458 e. The molecular weight excluding hydrogens is 575 g/mol. The van der Waals surface area contributed by atoms with Gasteiger partial charge in [0.25, 0.3) is 6.71 Å². The molecule has 2 nitrogen and oxygen atoms in total. The fourth-order valence-corrected chi connectivity index (χ4v) is 12.7. The van der Waals surface area contributed by atoms with E-state index in [9.17, 15) is 0 Å². The first-order chi connectivity index (χ1) is 22.8. The highest BCUT2D eigenvalue weighted by Crippen LogP contribution is 2.40. The third-order valence-corrected chi connectivity index (χ3v) is 14.4. The predicted molar refractivity (Wildman–Crippen MR) is 193 cm³/mol. The summed E-state index contributed by atoms with van der Waals surface area (Å²) < 4.78 is 13.5. The van der Waals surface area contributed by atoms with Crippen LogP contribution in [0, 0.1) is 0 Å². The van der Waals surface area contributed by atoms with Gasteiger partial charge in [0.2, 0.25) is 0 Å². The molecule has 0 radical (unpaired) electrons. The minimum Gasteiger partial charge on any atom is -0.458 e. The minimum atomic E-state index is -2.81. The predicted octanol–water partition coefficient (Wildman–Crippen LogP) is 5.46. The van der Waals surface area contributed by atoms with E-state index in [2.05, 4.69) is 170 Å². The highest BCUT2D eigenvalue weighted by Gasteiger charge is 2.45. The Morgan fingerprint density at radius 1 is 0.370 bits per heavy atom. The second-order valence-electron chi connectivity index (χ2n) is 12.0. The monoisotopic (exact) mass is 604 g/mol. The zero-order valence-corrected chi connectivity index (χ0v) is 26.1. The summed E-state index contributed by atoms with van der Waals surface area (Å²) in [4.78, 5) is 0. The second kappa shape index (κ2) is 10.8. The van der Waals surface area contributed by atoms with Gasteiger partial charge in [0, 0.05) is 11.0 Å². The molecule has 216 valence electrons. The molecule has 2 heterocycles. The smallest absolute Gasteiger partial charge is 0.260 e. The molecule has 0 saturated heterocycles. The zero-order valence-electron chi connectivity index (χ0n) is 25.1. The lowest BCUT2D eigenvalue weighted by Crippen LogP contribution is -2.75. The number of para-hydroxylation sites is 2. The van der Waals surface area contributed by atoms with E-state index in [4.69, 9.17) is 9.47 Å². The van der Waals surface area contributed by atoms with E-state index in [0.29, 0.717) is 0 Å². The van der Waals surface area contributed by atoms with Crippen LogP contribution in [-0.4, -0.2) is 14.8 Å². The Morgan fingerprint density at radius 2 is 0.848 bits per heavy atom. The van der Waals surface area contributed by atoms with Gasteiger partial charge in [0.1, 0.15) is 23.0 Å². The number of ether oxygens (including phenoxy) is 2. The maximum Gasteiger partial charge on any atom is 0.260 e. The fourth-order valence-electron chi connectivity index (χ4n) is 7.67. The first-order valence-electron chi connectivity index (χ1n) is 15.8. The van der Waals surface area contributed by atoms with Crippen LogP contribution in [0.5, 0.6) is 23.0 Å². The van der Waals surface area contributed by atoms with Gasteiger partial charge >= 0.3 is 0 Å². The summed E-state index contributed by atoms with van der Waals surface area (Å²) in [5, 5.41) is 5.35. The molecule has 4 heteroatoms. The van der Waals surface area contributed by atoms with Crippen molar-refractivity contribution in [3.05, 3.63) is 176 Å². The van der Waals surface area contributed by atoms with Crippen LogP contribution in [0.3, 0.4) is 0 Å². The maximum absolute atomic E-state index is 6.95. The normalized spacial score (nSPS) is 12.7. The molecule has 0 N–H and O–H groups in total. The van der Waals surface area contributed by atoms with Crippen LogP contribution in [-0.2, 0) is 0 Å². The highest BCUT2D eigenvalue weighted by molar-refractivity contribution is 7.20. The Balaban J connectivity index is 1.36. The Kier molecular flexibility index (Phi) is 6.29. The Bertz CT molecular complexity index is 2110. The minimum absolute atomic E-state index is 0.0198. The van der Waals surface area contributed by atoms with Crippen LogP contribution in [0.15, 0.2) is 176 Å². The van der Waals surface area contributed by atoms with Crippen molar-refractivity contribution in [3.63, 3.8) is 0 Å². The van der Waals surface area contributed by atoms with Crippen molar-refractivity contribution in [2.75, 3.05) is 0 Å². The maximum atomic E-state index is 6.95. The molecule has 7 aromatic rings. The lowest BCUT2D eigenvalue weighted by Gasteiger charge is -2.37. The molecule has 0 bridgehead atoms. The Hall–Kier alpha value is -5.58. The van der Waals surface area contributed by atoms with Gasteiger partial charge in [0.15, 0.2) is 8.07 Å². The molecule has 0 aromatic heterocycles. The van der Waals surface area contributed by atoms with Crippen molar-refractivity contribution >= 4 is 51.9 Å². The van der Waals surface area contributed by atoms with Crippen molar-refractivity contribution in [2.45, 2.75) is 0 Å². The van der Waals surface area contributed by atoms with Crippen molar-refractivity contribution < 1.29 is 9.47 Å². The van der Waals surface area contributed by atoms with Crippen molar-refractivity contribution in [3.8, 4) is 34.1 Å². The van der Waals surface area contributed by atoms with E-state index >= 15 is 0 Å². The number of fused-ring (bicyclic) bond motifs is 4.